The minimum atomic E-state index is -0.365. The van der Waals surface area contributed by atoms with Crippen molar-refractivity contribution in [2.75, 3.05) is 18.6 Å². The molecule has 0 amide bonds. The van der Waals surface area contributed by atoms with Crippen molar-refractivity contribution in [3.8, 4) is 0 Å². The standard InChI is InChI=1S/C14H15ClN2O2S/c1-19-14(18)11-4-2-3-10-12(15)16-13(17(10)11)9-5-7-20-8-6-9/h2-4,9H,5-8H2,1H3. The van der Waals surface area contributed by atoms with Gasteiger partial charge in [0, 0.05) is 5.92 Å². The maximum atomic E-state index is 12.0. The Hall–Kier alpha value is -1.20. The largest absolute Gasteiger partial charge is 0.464 e. The Labute approximate surface area is 126 Å². The SMILES string of the molecule is COC(=O)c1cccc2c(Cl)nc(C3CCSCC3)n12. The molecule has 4 nitrogen and oxygen atoms in total. The van der Waals surface area contributed by atoms with E-state index < -0.39 is 0 Å². The molecular formula is C14H15ClN2O2S. The van der Waals surface area contributed by atoms with E-state index in [1.807, 2.05) is 22.2 Å². The second-order valence-corrected chi connectivity index (χ2v) is 6.35. The maximum Gasteiger partial charge on any atom is 0.355 e. The molecule has 0 saturated carbocycles. The fourth-order valence-corrected chi connectivity index (χ4v) is 3.96. The molecular weight excluding hydrogens is 296 g/mol. The van der Waals surface area contributed by atoms with Crippen molar-refractivity contribution in [3.05, 3.63) is 34.9 Å². The summed E-state index contributed by atoms with van der Waals surface area (Å²) < 4.78 is 6.72. The summed E-state index contributed by atoms with van der Waals surface area (Å²) in [6.45, 7) is 0. The van der Waals surface area contributed by atoms with E-state index in [1.165, 1.54) is 7.11 Å². The number of methoxy groups -OCH3 is 1. The lowest BCUT2D eigenvalue weighted by Gasteiger charge is -2.20. The first-order valence-corrected chi connectivity index (χ1v) is 8.08. The van der Waals surface area contributed by atoms with Gasteiger partial charge in [-0.05, 0) is 36.5 Å². The lowest BCUT2D eigenvalue weighted by molar-refractivity contribution is 0.0591. The van der Waals surface area contributed by atoms with E-state index in [0.717, 1.165) is 35.7 Å². The normalized spacial score (nSPS) is 16.5. The van der Waals surface area contributed by atoms with Crippen LogP contribution in [0.2, 0.25) is 5.15 Å². The number of carbonyl (C=O) groups is 1. The van der Waals surface area contributed by atoms with Crippen molar-refractivity contribution >= 4 is 34.8 Å². The molecule has 0 aromatic carbocycles. The molecule has 2 aromatic rings. The quantitative estimate of drug-likeness (QED) is 0.798. The van der Waals surface area contributed by atoms with Crippen LogP contribution < -0.4 is 0 Å². The van der Waals surface area contributed by atoms with Crippen molar-refractivity contribution in [1.29, 1.82) is 0 Å². The van der Waals surface area contributed by atoms with Gasteiger partial charge in [0.1, 0.15) is 11.5 Å². The summed E-state index contributed by atoms with van der Waals surface area (Å²) >= 11 is 8.19. The van der Waals surface area contributed by atoms with Crippen LogP contribution in [0.4, 0.5) is 0 Å². The molecule has 6 heteroatoms. The predicted octanol–water partition coefficient (Wildman–Crippen LogP) is 3.38. The third-order valence-electron chi connectivity index (χ3n) is 3.62. The molecule has 0 spiro atoms. The lowest BCUT2D eigenvalue weighted by Crippen LogP contribution is -2.15. The Bertz CT molecular complexity index is 650. The molecule has 1 saturated heterocycles. The van der Waals surface area contributed by atoms with Crippen LogP contribution in [0.1, 0.15) is 35.1 Å². The first-order valence-electron chi connectivity index (χ1n) is 6.55. The molecule has 0 unspecified atom stereocenters. The van der Waals surface area contributed by atoms with E-state index in [1.54, 1.807) is 12.1 Å². The minimum Gasteiger partial charge on any atom is -0.464 e. The van der Waals surface area contributed by atoms with Gasteiger partial charge < -0.3 is 4.74 Å². The number of hydrogen-bond donors (Lipinski definition) is 0. The Morgan fingerprint density at radius 3 is 2.90 bits per heavy atom. The van der Waals surface area contributed by atoms with Crippen molar-refractivity contribution < 1.29 is 9.53 Å². The second-order valence-electron chi connectivity index (χ2n) is 4.77. The van der Waals surface area contributed by atoms with Gasteiger partial charge >= 0.3 is 5.97 Å². The average Bonchev–Trinajstić information content (AvgIpc) is 2.85. The highest BCUT2D eigenvalue weighted by atomic mass is 35.5. The van der Waals surface area contributed by atoms with E-state index >= 15 is 0 Å². The number of rotatable bonds is 2. The number of thioether (sulfide) groups is 1. The summed E-state index contributed by atoms with van der Waals surface area (Å²) in [5, 5.41) is 0.448. The van der Waals surface area contributed by atoms with Crippen LogP contribution in [0.25, 0.3) is 5.52 Å². The zero-order valence-corrected chi connectivity index (χ0v) is 12.7. The molecule has 3 heterocycles. The van der Waals surface area contributed by atoms with Crippen LogP contribution in [0, 0.1) is 0 Å². The third-order valence-corrected chi connectivity index (χ3v) is 4.95. The molecule has 0 N–H and O–H groups in total. The summed E-state index contributed by atoms with van der Waals surface area (Å²) in [5.41, 5.74) is 1.25. The molecule has 1 fully saturated rings. The summed E-state index contributed by atoms with van der Waals surface area (Å²) in [7, 11) is 1.39. The van der Waals surface area contributed by atoms with Gasteiger partial charge in [0.2, 0.25) is 0 Å². The number of esters is 1. The topological polar surface area (TPSA) is 43.6 Å². The van der Waals surface area contributed by atoms with E-state index in [9.17, 15) is 4.79 Å². The first-order chi connectivity index (χ1) is 9.72. The Morgan fingerprint density at radius 1 is 1.45 bits per heavy atom. The monoisotopic (exact) mass is 310 g/mol. The Balaban J connectivity index is 2.18. The molecule has 3 rings (SSSR count). The van der Waals surface area contributed by atoms with Gasteiger partial charge in [0.05, 0.1) is 12.6 Å². The van der Waals surface area contributed by atoms with Crippen molar-refractivity contribution in [2.24, 2.45) is 0 Å². The average molecular weight is 311 g/mol. The number of carbonyl (C=O) groups excluding carboxylic acids is 1. The fourth-order valence-electron chi connectivity index (χ4n) is 2.62. The van der Waals surface area contributed by atoms with Gasteiger partial charge in [-0.15, -0.1) is 0 Å². The zero-order chi connectivity index (χ0) is 14.1. The van der Waals surface area contributed by atoms with E-state index in [4.69, 9.17) is 16.3 Å². The lowest BCUT2D eigenvalue weighted by atomic mass is 10.0. The molecule has 20 heavy (non-hydrogen) atoms. The number of hydrogen-bond acceptors (Lipinski definition) is 4. The van der Waals surface area contributed by atoms with Crippen LogP contribution in [0.5, 0.6) is 0 Å². The van der Waals surface area contributed by atoms with Crippen molar-refractivity contribution in [2.45, 2.75) is 18.8 Å². The number of aromatic nitrogens is 2. The van der Waals surface area contributed by atoms with Gasteiger partial charge in [0.15, 0.2) is 5.15 Å². The number of imidazole rings is 1. The molecule has 2 aromatic heterocycles. The predicted molar refractivity (Wildman–Crippen MR) is 80.8 cm³/mol. The summed E-state index contributed by atoms with van der Waals surface area (Å²) in [6, 6.07) is 5.43. The summed E-state index contributed by atoms with van der Waals surface area (Å²) in [5.74, 6) is 3.11. The van der Waals surface area contributed by atoms with Crippen LogP contribution in [0.3, 0.4) is 0 Å². The van der Waals surface area contributed by atoms with Gasteiger partial charge in [-0.2, -0.15) is 11.8 Å². The molecule has 0 radical (unpaired) electrons. The van der Waals surface area contributed by atoms with Crippen molar-refractivity contribution in [3.63, 3.8) is 0 Å². The fraction of sp³-hybridized carbons (Fsp3) is 0.429. The van der Waals surface area contributed by atoms with Gasteiger partial charge in [-0.3, -0.25) is 4.40 Å². The molecule has 106 valence electrons. The highest BCUT2D eigenvalue weighted by Gasteiger charge is 2.24. The number of ether oxygens (including phenoxy) is 1. The number of nitrogens with zero attached hydrogens (tertiary/aromatic N) is 2. The molecule has 0 bridgehead atoms. The molecule has 0 aliphatic carbocycles. The van der Waals surface area contributed by atoms with Gasteiger partial charge in [0.25, 0.3) is 0 Å². The maximum absolute atomic E-state index is 12.0. The summed E-state index contributed by atoms with van der Waals surface area (Å²) in [6.07, 6.45) is 2.13. The van der Waals surface area contributed by atoms with Crippen LogP contribution in [0.15, 0.2) is 18.2 Å². The Kier molecular flexibility index (Phi) is 3.89. The van der Waals surface area contributed by atoms with Crippen LogP contribution in [-0.2, 0) is 4.74 Å². The van der Waals surface area contributed by atoms with E-state index in [2.05, 4.69) is 4.98 Å². The van der Waals surface area contributed by atoms with Crippen LogP contribution in [-0.4, -0.2) is 34.0 Å². The third kappa shape index (κ3) is 2.29. The minimum absolute atomic E-state index is 0.349. The second kappa shape index (κ2) is 5.66. The number of fused-ring (bicyclic) bond motifs is 1. The van der Waals surface area contributed by atoms with Crippen molar-refractivity contribution in [1.82, 2.24) is 9.38 Å². The highest BCUT2D eigenvalue weighted by molar-refractivity contribution is 7.99. The van der Waals surface area contributed by atoms with E-state index in [-0.39, 0.29) is 5.97 Å². The summed E-state index contributed by atoms with van der Waals surface area (Å²) in [4.78, 5) is 16.5. The smallest absolute Gasteiger partial charge is 0.355 e. The van der Waals surface area contributed by atoms with Gasteiger partial charge in [-0.25, -0.2) is 9.78 Å². The van der Waals surface area contributed by atoms with Crippen LogP contribution >= 0.6 is 23.4 Å². The Morgan fingerprint density at radius 2 is 2.20 bits per heavy atom. The molecule has 1 aliphatic rings. The van der Waals surface area contributed by atoms with E-state index in [0.29, 0.717) is 16.8 Å². The zero-order valence-electron chi connectivity index (χ0n) is 11.1. The van der Waals surface area contributed by atoms with Gasteiger partial charge in [-0.1, -0.05) is 17.7 Å². The highest BCUT2D eigenvalue weighted by Crippen LogP contribution is 2.33. The number of pyridine rings is 1. The molecule has 0 atom stereocenters. The first kappa shape index (κ1) is 13.8. The molecule has 1 aliphatic heterocycles. The number of halogens is 1.